The lowest BCUT2D eigenvalue weighted by atomic mass is 9.95. The number of hydrogen-bond acceptors (Lipinski definition) is 3. The van der Waals surface area contributed by atoms with E-state index in [1.807, 2.05) is 6.92 Å². The standard InChI is InChI=1S/C20H24FNO3/c1-4-18(14-8-10-16(21)11-9-14)20(24)22(2)13-19(23)15-6-5-7-17(12-15)25-3/h5-12,18-19,23H,4,13H2,1-3H3. The maximum absolute atomic E-state index is 13.1. The molecule has 5 heteroatoms. The fraction of sp³-hybridized carbons (Fsp3) is 0.350. The smallest absolute Gasteiger partial charge is 0.229 e. The third-order valence-electron chi connectivity index (χ3n) is 4.28. The van der Waals surface area contributed by atoms with E-state index >= 15 is 0 Å². The van der Waals surface area contributed by atoms with Crippen LogP contribution in [0.1, 0.15) is 36.5 Å². The fourth-order valence-corrected chi connectivity index (χ4v) is 2.82. The molecule has 4 nitrogen and oxygen atoms in total. The molecule has 0 fully saturated rings. The summed E-state index contributed by atoms with van der Waals surface area (Å²) in [6.45, 7) is 2.09. The van der Waals surface area contributed by atoms with Crippen LogP contribution >= 0.6 is 0 Å². The summed E-state index contributed by atoms with van der Waals surface area (Å²) in [6, 6.07) is 13.1. The van der Waals surface area contributed by atoms with Crippen LogP contribution in [-0.4, -0.2) is 36.6 Å². The van der Waals surface area contributed by atoms with E-state index in [4.69, 9.17) is 4.74 Å². The number of carbonyl (C=O) groups excluding carboxylic acids is 1. The lowest BCUT2D eigenvalue weighted by Gasteiger charge is -2.26. The zero-order chi connectivity index (χ0) is 18.4. The topological polar surface area (TPSA) is 49.8 Å². The van der Waals surface area contributed by atoms with Gasteiger partial charge >= 0.3 is 0 Å². The van der Waals surface area contributed by atoms with Crippen molar-refractivity contribution < 1.29 is 19.0 Å². The Labute approximate surface area is 147 Å². The van der Waals surface area contributed by atoms with Crippen LogP contribution in [0.15, 0.2) is 48.5 Å². The number of benzene rings is 2. The van der Waals surface area contributed by atoms with Gasteiger partial charge in [-0.15, -0.1) is 0 Å². The number of methoxy groups -OCH3 is 1. The second-order valence-corrected chi connectivity index (χ2v) is 6.02. The summed E-state index contributed by atoms with van der Waals surface area (Å²) in [4.78, 5) is 14.3. The molecule has 0 heterocycles. The number of amides is 1. The Kier molecular flexibility index (Phi) is 6.53. The largest absolute Gasteiger partial charge is 0.497 e. The molecule has 134 valence electrons. The molecule has 0 aliphatic rings. The van der Waals surface area contributed by atoms with Gasteiger partial charge in [0.25, 0.3) is 0 Å². The van der Waals surface area contributed by atoms with Gasteiger partial charge in [-0.2, -0.15) is 0 Å². The number of aliphatic hydroxyl groups excluding tert-OH is 1. The number of aliphatic hydroxyl groups is 1. The summed E-state index contributed by atoms with van der Waals surface area (Å²) in [5.41, 5.74) is 1.46. The predicted molar refractivity (Wildman–Crippen MR) is 95.0 cm³/mol. The lowest BCUT2D eigenvalue weighted by Crippen LogP contribution is -2.34. The Balaban J connectivity index is 2.08. The fourth-order valence-electron chi connectivity index (χ4n) is 2.82. The minimum atomic E-state index is -0.810. The van der Waals surface area contributed by atoms with Gasteiger partial charge in [0.15, 0.2) is 0 Å². The molecule has 0 saturated heterocycles. The highest BCUT2D eigenvalue weighted by Crippen LogP contribution is 2.24. The van der Waals surface area contributed by atoms with Gasteiger partial charge in [0, 0.05) is 7.05 Å². The van der Waals surface area contributed by atoms with Crippen LogP contribution in [-0.2, 0) is 4.79 Å². The molecule has 0 radical (unpaired) electrons. The maximum Gasteiger partial charge on any atom is 0.229 e. The molecular weight excluding hydrogens is 321 g/mol. The summed E-state index contributed by atoms with van der Waals surface area (Å²) in [7, 11) is 3.23. The Hall–Kier alpha value is -2.40. The first-order valence-electron chi connectivity index (χ1n) is 8.28. The molecule has 0 aliphatic carbocycles. The molecule has 2 atom stereocenters. The minimum absolute atomic E-state index is 0.101. The average Bonchev–Trinajstić information content (AvgIpc) is 2.63. The quantitative estimate of drug-likeness (QED) is 0.835. The van der Waals surface area contributed by atoms with Gasteiger partial charge in [-0.05, 0) is 41.8 Å². The first kappa shape index (κ1) is 18.9. The second kappa shape index (κ2) is 8.62. The van der Waals surface area contributed by atoms with Crippen LogP contribution in [0.3, 0.4) is 0 Å². The molecular formula is C20H24FNO3. The highest BCUT2D eigenvalue weighted by molar-refractivity contribution is 5.83. The van der Waals surface area contributed by atoms with E-state index in [9.17, 15) is 14.3 Å². The summed E-state index contributed by atoms with van der Waals surface area (Å²) in [5.74, 6) is -0.129. The average molecular weight is 345 g/mol. The molecule has 0 aromatic heterocycles. The Morgan fingerprint density at radius 2 is 1.88 bits per heavy atom. The van der Waals surface area contributed by atoms with E-state index in [1.54, 1.807) is 50.6 Å². The predicted octanol–water partition coefficient (Wildman–Crippen LogP) is 3.52. The molecule has 2 aromatic carbocycles. The van der Waals surface area contributed by atoms with Crippen molar-refractivity contribution >= 4 is 5.91 Å². The van der Waals surface area contributed by atoms with Crippen molar-refractivity contribution in [3.05, 3.63) is 65.5 Å². The molecule has 25 heavy (non-hydrogen) atoms. The summed E-state index contributed by atoms with van der Waals surface area (Å²) < 4.78 is 18.3. The van der Waals surface area contributed by atoms with Gasteiger partial charge in [-0.3, -0.25) is 4.79 Å². The second-order valence-electron chi connectivity index (χ2n) is 6.02. The van der Waals surface area contributed by atoms with Crippen LogP contribution in [0, 0.1) is 5.82 Å². The monoisotopic (exact) mass is 345 g/mol. The number of nitrogens with zero attached hydrogens (tertiary/aromatic N) is 1. The van der Waals surface area contributed by atoms with Gasteiger partial charge in [-0.1, -0.05) is 31.2 Å². The van der Waals surface area contributed by atoms with E-state index in [0.717, 1.165) is 5.56 Å². The molecule has 2 unspecified atom stereocenters. The van der Waals surface area contributed by atoms with Crippen LogP contribution in [0.25, 0.3) is 0 Å². The minimum Gasteiger partial charge on any atom is -0.497 e. The van der Waals surface area contributed by atoms with E-state index in [0.29, 0.717) is 17.7 Å². The Bertz CT molecular complexity index is 702. The number of hydrogen-bond donors (Lipinski definition) is 1. The normalized spacial score (nSPS) is 13.2. The van der Waals surface area contributed by atoms with Crippen molar-refractivity contribution in [1.82, 2.24) is 4.90 Å². The van der Waals surface area contributed by atoms with Gasteiger partial charge in [0.1, 0.15) is 11.6 Å². The number of ether oxygens (including phenoxy) is 1. The van der Waals surface area contributed by atoms with Crippen molar-refractivity contribution in [2.75, 3.05) is 20.7 Å². The molecule has 0 saturated carbocycles. The third-order valence-corrected chi connectivity index (χ3v) is 4.28. The van der Waals surface area contributed by atoms with Crippen LogP contribution in [0.5, 0.6) is 5.75 Å². The Morgan fingerprint density at radius 3 is 2.48 bits per heavy atom. The molecule has 1 N–H and O–H groups in total. The van der Waals surface area contributed by atoms with Crippen molar-refractivity contribution in [2.24, 2.45) is 0 Å². The number of carbonyl (C=O) groups is 1. The van der Waals surface area contributed by atoms with Crippen molar-refractivity contribution in [1.29, 1.82) is 0 Å². The van der Waals surface area contributed by atoms with Crippen LogP contribution in [0.4, 0.5) is 4.39 Å². The first-order valence-corrected chi connectivity index (χ1v) is 8.28. The molecule has 0 bridgehead atoms. The van der Waals surface area contributed by atoms with E-state index in [-0.39, 0.29) is 24.2 Å². The third kappa shape index (κ3) is 4.79. The summed E-state index contributed by atoms with van der Waals surface area (Å²) in [6.07, 6.45) is -0.209. The van der Waals surface area contributed by atoms with Crippen molar-refractivity contribution in [3.63, 3.8) is 0 Å². The van der Waals surface area contributed by atoms with Crippen LogP contribution in [0.2, 0.25) is 0 Å². The Morgan fingerprint density at radius 1 is 1.20 bits per heavy atom. The zero-order valence-corrected chi connectivity index (χ0v) is 14.8. The van der Waals surface area contributed by atoms with Gasteiger partial charge in [0.2, 0.25) is 5.91 Å². The van der Waals surface area contributed by atoms with Crippen molar-refractivity contribution in [3.8, 4) is 5.75 Å². The van der Waals surface area contributed by atoms with E-state index < -0.39 is 6.10 Å². The number of likely N-dealkylation sites (N-methyl/N-ethyl adjacent to an activating group) is 1. The summed E-state index contributed by atoms with van der Waals surface area (Å²) >= 11 is 0. The van der Waals surface area contributed by atoms with Gasteiger partial charge in [0.05, 0.1) is 25.7 Å². The van der Waals surface area contributed by atoms with Crippen molar-refractivity contribution in [2.45, 2.75) is 25.4 Å². The van der Waals surface area contributed by atoms with E-state index in [1.165, 1.54) is 17.0 Å². The lowest BCUT2D eigenvalue weighted by molar-refractivity contribution is -0.132. The maximum atomic E-state index is 13.1. The SMILES string of the molecule is CCC(C(=O)N(C)CC(O)c1cccc(OC)c1)c1ccc(F)cc1. The highest BCUT2D eigenvalue weighted by atomic mass is 19.1. The molecule has 2 aromatic rings. The number of halogens is 1. The molecule has 1 amide bonds. The van der Waals surface area contributed by atoms with Gasteiger partial charge in [-0.25, -0.2) is 4.39 Å². The first-order chi connectivity index (χ1) is 12.0. The van der Waals surface area contributed by atoms with Gasteiger partial charge < -0.3 is 14.7 Å². The molecule has 0 aliphatic heterocycles. The number of rotatable bonds is 7. The summed E-state index contributed by atoms with van der Waals surface area (Å²) in [5, 5.41) is 10.4. The van der Waals surface area contributed by atoms with Crippen LogP contribution < -0.4 is 4.74 Å². The highest BCUT2D eigenvalue weighted by Gasteiger charge is 2.24. The molecule has 2 rings (SSSR count). The van der Waals surface area contributed by atoms with E-state index in [2.05, 4.69) is 0 Å². The molecule has 0 spiro atoms. The zero-order valence-electron chi connectivity index (χ0n) is 14.8.